The van der Waals surface area contributed by atoms with E-state index < -0.39 is 0 Å². The first kappa shape index (κ1) is 9.78. The molecule has 0 saturated heterocycles. The van der Waals surface area contributed by atoms with E-state index in [1.54, 1.807) is 0 Å². The minimum Gasteiger partial charge on any atom is -0.293 e. The van der Waals surface area contributed by atoms with Crippen molar-refractivity contribution < 1.29 is 4.79 Å². The Balaban J connectivity index is 2.44. The van der Waals surface area contributed by atoms with Crippen LogP contribution in [0.25, 0.3) is 0 Å². The smallest absolute Gasteiger partial charge is 0.175 e. The fraction of sp³-hybridized carbons (Fsp3) is 0.417. The number of carbonyl (C=O) groups excluding carboxylic acids is 1. The van der Waals surface area contributed by atoms with Crippen LogP contribution in [0.3, 0.4) is 0 Å². The summed E-state index contributed by atoms with van der Waals surface area (Å²) < 4.78 is 0. The lowest BCUT2D eigenvalue weighted by atomic mass is 9.99. The van der Waals surface area contributed by atoms with Crippen LogP contribution in [0.1, 0.15) is 34.8 Å². The number of fused-ring (bicyclic) bond motifs is 1. The lowest BCUT2D eigenvalue weighted by Gasteiger charge is -2.08. The third kappa shape index (κ3) is 1.59. The molecule has 0 fully saturated rings. The van der Waals surface area contributed by atoms with Crippen molar-refractivity contribution in [2.75, 3.05) is 0 Å². The molecule has 0 spiro atoms. The fourth-order valence-electron chi connectivity index (χ4n) is 2.08. The van der Waals surface area contributed by atoms with E-state index in [1.165, 1.54) is 17.5 Å². The average molecular weight is 206 g/mol. The van der Waals surface area contributed by atoms with Crippen LogP contribution in [0.15, 0.2) is 18.2 Å². The number of thiol groups is 1. The molecule has 1 atom stereocenters. The maximum absolute atomic E-state index is 11.8. The van der Waals surface area contributed by atoms with E-state index >= 15 is 0 Å². The second-order valence-electron chi connectivity index (χ2n) is 3.84. The molecule has 0 heterocycles. The molecule has 0 aliphatic heterocycles. The second kappa shape index (κ2) is 3.77. The molecule has 0 bridgehead atoms. The Morgan fingerprint density at radius 1 is 1.43 bits per heavy atom. The van der Waals surface area contributed by atoms with Crippen LogP contribution in [-0.2, 0) is 12.8 Å². The molecule has 74 valence electrons. The van der Waals surface area contributed by atoms with Crippen LogP contribution in [0, 0.1) is 0 Å². The van der Waals surface area contributed by atoms with E-state index in [0.29, 0.717) is 0 Å². The normalized spacial score (nSPS) is 16.4. The van der Waals surface area contributed by atoms with Gasteiger partial charge in [-0.25, -0.2) is 0 Å². The summed E-state index contributed by atoms with van der Waals surface area (Å²) in [5.41, 5.74) is 3.51. The Morgan fingerprint density at radius 3 is 2.93 bits per heavy atom. The molecular formula is C12H14OS. The Labute approximate surface area is 89.9 Å². The molecule has 1 nitrogen and oxygen atoms in total. The van der Waals surface area contributed by atoms with Crippen LogP contribution in [0.4, 0.5) is 0 Å². The molecule has 1 aliphatic rings. The van der Waals surface area contributed by atoms with E-state index in [0.717, 1.165) is 18.4 Å². The zero-order valence-electron chi connectivity index (χ0n) is 8.29. The van der Waals surface area contributed by atoms with Gasteiger partial charge in [-0.15, -0.1) is 0 Å². The highest BCUT2D eigenvalue weighted by Gasteiger charge is 2.20. The minimum atomic E-state index is -0.193. The Kier molecular flexibility index (Phi) is 2.64. The summed E-state index contributed by atoms with van der Waals surface area (Å²) in [4.78, 5) is 11.8. The van der Waals surface area contributed by atoms with Crippen molar-refractivity contribution in [2.24, 2.45) is 0 Å². The van der Waals surface area contributed by atoms with Gasteiger partial charge in [-0.2, -0.15) is 12.6 Å². The van der Waals surface area contributed by atoms with Gasteiger partial charge in [0, 0.05) is 5.56 Å². The van der Waals surface area contributed by atoms with Gasteiger partial charge < -0.3 is 0 Å². The van der Waals surface area contributed by atoms with Crippen molar-refractivity contribution in [1.29, 1.82) is 0 Å². The number of benzene rings is 1. The van der Waals surface area contributed by atoms with Gasteiger partial charge in [0.05, 0.1) is 5.25 Å². The molecule has 0 radical (unpaired) electrons. The molecule has 14 heavy (non-hydrogen) atoms. The first-order valence-corrected chi connectivity index (χ1v) is 5.55. The maximum atomic E-state index is 11.8. The standard InChI is InChI=1S/C12H14OS/c1-8(14)12(13)11-7-3-5-9-4-2-6-10(9)11/h3,5,7-8,14H,2,4,6H2,1H3. The highest BCUT2D eigenvalue weighted by molar-refractivity contribution is 7.81. The number of Topliss-reactive ketones (excluding diaryl/α,β-unsaturated/α-hetero) is 1. The highest BCUT2D eigenvalue weighted by Crippen LogP contribution is 2.26. The number of aryl methyl sites for hydroxylation is 1. The van der Waals surface area contributed by atoms with Gasteiger partial charge in [0.1, 0.15) is 0 Å². The second-order valence-corrected chi connectivity index (χ2v) is 4.61. The topological polar surface area (TPSA) is 17.1 Å². The summed E-state index contributed by atoms with van der Waals surface area (Å²) in [6.45, 7) is 1.83. The molecule has 0 N–H and O–H groups in total. The fourth-order valence-corrected chi connectivity index (χ4v) is 2.21. The quantitative estimate of drug-likeness (QED) is 0.581. The van der Waals surface area contributed by atoms with Gasteiger partial charge in [-0.05, 0) is 37.3 Å². The van der Waals surface area contributed by atoms with Crippen molar-refractivity contribution >= 4 is 18.4 Å². The van der Waals surface area contributed by atoms with Crippen molar-refractivity contribution in [2.45, 2.75) is 31.4 Å². The van der Waals surface area contributed by atoms with Gasteiger partial charge in [0.15, 0.2) is 5.78 Å². The Bertz CT molecular complexity index is 369. The van der Waals surface area contributed by atoms with E-state index in [2.05, 4.69) is 18.7 Å². The molecule has 1 aromatic carbocycles. The lowest BCUT2D eigenvalue weighted by molar-refractivity contribution is 0.0993. The minimum absolute atomic E-state index is 0.159. The highest BCUT2D eigenvalue weighted by atomic mass is 32.1. The van der Waals surface area contributed by atoms with E-state index in [4.69, 9.17) is 0 Å². The van der Waals surface area contributed by atoms with Crippen molar-refractivity contribution in [3.63, 3.8) is 0 Å². The number of hydrogen-bond acceptors (Lipinski definition) is 2. The largest absolute Gasteiger partial charge is 0.293 e. The first-order chi connectivity index (χ1) is 6.70. The average Bonchev–Trinajstić information content (AvgIpc) is 2.63. The molecule has 1 aliphatic carbocycles. The van der Waals surface area contributed by atoms with Crippen molar-refractivity contribution in [3.8, 4) is 0 Å². The van der Waals surface area contributed by atoms with Gasteiger partial charge >= 0.3 is 0 Å². The molecule has 2 rings (SSSR count). The molecule has 0 amide bonds. The maximum Gasteiger partial charge on any atom is 0.175 e. The Hall–Kier alpha value is -0.760. The third-order valence-corrected chi connectivity index (χ3v) is 3.03. The van der Waals surface area contributed by atoms with Crippen LogP contribution >= 0.6 is 12.6 Å². The molecule has 1 aromatic rings. The molecule has 0 aromatic heterocycles. The van der Waals surface area contributed by atoms with E-state index in [9.17, 15) is 4.79 Å². The van der Waals surface area contributed by atoms with E-state index in [1.807, 2.05) is 19.1 Å². The predicted octanol–water partition coefficient (Wildman–Crippen LogP) is 2.68. The van der Waals surface area contributed by atoms with Gasteiger partial charge in [0.25, 0.3) is 0 Å². The summed E-state index contributed by atoms with van der Waals surface area (Å²) >= 11 is 4.20. The lowest BCUT2D eigenvalue weighted by Crippen LogP contribution is -2.13. The summed E-state index contributed by atoms with van der Waals surface area (Å²) in [5.74, 6) is 0.159. The van der Waals surface area contributed by atoms with Crippen LogP contribution in [-0.4, -0.2) is 11.0 Å². The zero-order chi connectivity index (χ0) is 10.1. The molecule has 0 saturated carbocycles. The number of rotatable bonds is 2. The molecule has 2 heteroatoms. The number of carbonyl (C=O) groups is 1. The predicted molar refractivity (Wildman–Crippen MR) is 61.2 cm³/mol. The summed E-state index contributed by atoms with van der Waals surface area (Å²) in [7, 11) is 0. The van der Waals surface area contributed by atoms with Crippen molar-refractivity contribution in [3.05, 3.63) is 34.9 Å². The SMILES string of the molecule is CC(S)C(=O)c1cccc2c1CCC2. The molecule has 1 unspecified atom stereocenters. The third-order valence-electron chi connectivity index (χ3n) is 2.79. The zero-order valence-corrected chi connectivity index (χ0v) is 9.18. The van der Waals surface area contributed by atoms with Crippen LogP contribution in [0.2, 0.25) is 0 Å². The first-order valence-electron chi connectivity index (χ1n) is 5.03. The van der Waals surface area contributed by atoms with Gasteiger partial charge in [0.2, 0.25) is 0 Å². The van der Waals surface area contributed by atoms with Gasteiger partial charge in [-0.1, -0.05) is 18.2 Å². The van der Waals surface area contributed by atoms with Gasteiger partial charge in [-0.3, -0.25) is 4.79 Å². The molecular weight excluding hydrogens is 192 g/mol. The van der Waals surface area contributed by atoms with E-state index in [-0.39, 0.29) is 11.0 Å². The summed E-state index contributed by atoms with van der Waals surface area (Å²) in [5, 5.41) is -0.193. The number of ketones is 1. The monoisotopic (exact) mass is 206 g/mol. The summed E-state index contributed by atoms with van der Waals surface area (Å²) in [6.07, 6.45) is 3.36. The van der Waals surface area contributed by atoms with Crippen molar-refractivity contribution in [1.82, 2.24) is 0 Å². The Morgan fingerprint density at radius 2 is 2.21 bits per heavy atom. The summed E-state index contributed by atoms with van der Waals surface area (Å²) in [6, 6.07) is 6.04. The number of hydrogen-bond donors (Lipinski definition) is 1. The van der Waals surface area contributed by atoms with Crippen LogP contribution in [0.5, 0.6) is 0 Å². The van der Waals surface area contributed by atoms with Crippen LogP contribution < -0.4 is 0 Å².